The Hall–Kier alpha value is -1.16. The van der Waals surface area contributed by atoms with Gasteiger partial charge in [-0.15, -0.1) is 0 Å². The number of carboxylic acid groups (broad SMARTS) is 1. The lowest BCUT2D eigenvalue weighted by Gasteiger charge is -2.70. The number of allylic oxidation sites excluding steroid dienone is 2. The summed E-state index contributed by atoms with van der Waals surface area (Å²) >= 11 is 0. The number of ketones is 1. The van der Waals surface area contributed by atoms with Gasteiger partial charge in [0.1, 0.15) is 0 Å². The smallest absolute Gasteiger partial charge is 0.312 e. The summed E-state index contributed by atoms with van der Waals surface area (Å²) in [5.74, 6) is 0.656. The maximum absolute atomic E-state index is 14.2. The second-order valence-electron chi connectivity index (χ2n) is 14.4. The van der Waals surface area contributed by atoms with Crippen molar-refractivity contribution in [2.45, 2.75) is 106 Å². The van der Waals surface area contributed by atoms with Crippen LogP contribution in [0, 0.1) is 56.7 Å². The van der Waals surface area contributed by atoms with E-state index in [9.17, 15) is 19.8 Å². The van der Waals surface area contributed by atoms with Gasteiger partial charge >= 0.3 is 5.97 Å². The van der Waals surface area contributed by atoms with E-state index in [1.165, 1.54) is 24.8 Å². The molecule has 4 saturated carbocycles. The molecule has 0 spiro atoms. The highest BCUT2D eigenvalue weighted by Crippen LogP contribution is 2.75. The standard InChI is InChI=1S/C30H46O4/c1-17-8-11-26(3)14-15-28(5)19(23(26)18(17)2)16-20(31)24-27(4)12-10-22(32)30(7,25(33)34)21(27)9-13-29(24,28)6/h16-18,21-24,32H,8-15H2,1-7H3,(H,33,34)/t17-,18+,21-,22+,23-,24-,26-,27-,28-,29+,30-/m1/s1. The monoisotopic (exact) mass is 470 g/mol. The maximum Gasteiger partial charge on any atom is 0.312 e. The number of carbonyl (C=O) groups excluding carboxylic acids is 1. The quantitative estimate of drug-likeness (QED) is 0.474. The van der Waals surface area contributed by atoms with Crippen LogP contribution in [0.2, 0.25) is 0 Å². The Morgan fingerprint density at radius 1 is 0.941 bits per heavy atom. The SMILES string of the molecule is C[C@H]1[C@H](C)CC[C@]2(C)CC[C@]3(C)C(=CC(=O)[C@@H]4[C@]5(C)CC[C@H](O)[C@](C)(C(=O)O)[C@@H]5CC[C@@]43C)[C@@H]12. The average Bonchev–Trinajstić information content (AvgIpc) is 2.75. The van der Waals surface area contributed by atoms with Crippen molar-refractivity contribution in [1.82, 2.24) is 0 Å². The Balaban J connectivity index is 1.65. The molecule has 34 heavy (non-hydrogen) atoms. The topological polar surface area (TPSA) is 74.6 Å². The van der Waals surface area contributed by atoms with Gasteiger partial charge in [-0.2, -0.15) is 0 Å². The van der Waals surface area contributed by atoms with Gasteiger partial charge in [0.05, 0.1) is 11.5 Å². The Labute approximate surface area is 206 Å². The van der Waals surface area contributed by atoms with Crippen LogP contribution in [-0.4, -0.2) is 28.1 Å². The Morgan fingerprint density at radius 3 is 2.26 bits per heavy atom. The van der Waals surface area contributed by atoms with Crippen LogP contribution in [0.3, 0.4) is 0 Å². The van der Waals surface area contributed by atoms with Gasteiger partial charge in [-0.05, 0) is 110 Å². The number of hydrogen-bond acceptors (Lipinski definition) is 3. The molecule has 0 unspecified atom stereocenters. The van der Waals surface area contributed by atoms with Gasteiger partial charge in [0, 0.05) is 5.92 Å². The maximum atomic E-state index is 14.2. The molecule has 4 fully saturated rings. The molecule has 5 rings (SSSR count). The summed E-state index contributed by atoms with van der Waals surface area (Å²) in [6.07, 6.45) is 8.89. The molecule has 0 amide bonds. The molecule has 0 heterocycles. The molecule has 0 aromatic carbocycles. The highest BCUT2D eigenvalue weighted by molar-refractivity contribution is 5.96. The van der Waals surface area contributed by atoms with Gasteiger partial charge in [-0.1, -0.05) is 47.1 Å². The van der Waals surface area contributed by atoms with Crippen molar-refractivity contribution in [3.05, 3.63) is 11.6 Å². The van der Waals surface area contributed by atoms with E-state index in [0.717, 1.165) is 25.7 Å². The molecule has 5 aliphatic carbocycles. The lowest BCUT2D eigenvalue weighted by Crippen LogP contribution is -2.68. The van der Waals surface area contributed by atoms with E-state index in [0.29, 0.717) is 24.2 Å². The number of fused-ring (bicyclic) bond motifs is 7. The van der Waals surface area contributed by atoms with Crippen molar-refractivity contribution in [2.24, 2.45) is 56.7 Å². The van der Waals surface area contributed by atoms with Gasteiger partial charge in [0.15, 0.2) is 5.78 Å². The summed E-state index contributed by atoms with van der Waals surface area (Å²) < 4.78 is 0. The van der Waals surface area contributed by atoms with Gasteiger partial charge in [0.25, 0.3) is 0 Å². The number of hydrogen-bond donors (Lipinski definition) is 2. The third-order valence-corrected chi connectivity index (χ3v) is 13.2. The van der Waals surface area contributed by atoms with Crippen LogP contribution in [0.25, 0.3) is 0 Å². The van der Waals surface area contributed by atoms with Crippen molar-refractivity contribution >= 4 is 11.8 Å². The molecule has 2 N–H and O–H groups in total. The third kappa shape index (κ3) is 2.70. The molecule has 4 heteroatoms. The molecule has 5 aliphatic rings. The van der Waals surface area contributed by atoms with Gasteiger partial charge < -0.3 is 10.2 Å². The zero-order valence-corrected chi connectivity index (χ0v) is 22.4. The zero-order valence-electron chi connectivity index (χ0n) is 22.4. The van der Waals surface area contributed by atoms with Crippen molar-refractivity contribution in [2.75, 3.05) is 0 Å². The van der Waals surface area contributed by atoms with Crippen molar-refractivity contribution in [3.63, 3.8) is 0 Å². The fraction of sp³-hybridized carbons (Fsp3) is 0.867. The first kappa shape index (κ1) is 24.5. The average molecular weight is 471 g/mol. The van der Waals surface area contributed by atoms with Crippen LogP contribution < -0.4 is 0 Å². The molecule has 4 nitrogen and oxygen atoms in total. The molecular weight excluding hydrogens is 424 g/mol. The van der Waals surface area contributed by atoms with E-state index in [1.807, 2.05) is 0 Å². The summed E-state index contributed by atoms with van der Waals surface area (Å²) in [5.41, 5.74) is -0.124. The number of aliphatic hydroxyl groups excluding tert-OH is 1. The number of carbonyl (C=O) groups is 2. The lowest BCUT2D eigenvalue weighted by molar-refractivity contribution is -0.215. The van der Waals surface area contributed by atoms with E-state index in [2.05, 4.69) is 47.6 Å². The Morgan fingerprint density at radius 2 is 1.62 bits per heavy atom. The van der Waals surface area contributed by atoms with Crippen LogP contribution in [0.5, 0.6) is 0 Å². The molecule has 0 aromatic heterocycles. The summed E-state index contributed by atoms with van der Waals surface area (Å²) in [5, 5.41) is 21.1. The molecule has 0 bridgehead atoms. The predicted molar refractivity (Wildman–Crippen MR) is 133 cm³/mol. The number of rotatable bonds is 1. The summed E-state index contributed by atoms with van der Waals surface area (Å²) in [7, 11) is 0. The van der Waals surface area contributed by atoms with Crippen LogP contribution in [0.1, 0.15) is 99.8 Å². The highest BCUT2D eigenvalue weighted by atomic mass is 16.4. The highest BCUT2D eigenvalue weighted by Gasteiger charge is 2.71. The minimum atomic E-state index is -1.20. The van der Waals surface area contributed by atoms with Gasteiger partial charge in [0.2, 0.25) is 0 Å². The van der Waals surface area contributed by atoms with Crippen molar-refractivity contribution < 1.29 is 19.8 Å². The first-order valence-electron chi connectivity index (χ1n) is 13.8. The minimum Gasteiger partial charge on any atom is -0.481 e. The fourth-order valence-corrected chi connectivity index (χ4v) is 10.7. The Kier molecular flexibility index (Phi) is 5.20. The molecule has 0 aliphatic heterocycles. The van der Waals surface area contributed by atoms with Crippen molar-refractivity contribution in [3.8, 4) is 0 Å². The van der Waals surface area contributed by atoms with Crippen LogP contribution >= 0.6 is 0 Å². The van der Waals surface area contributed by atoms with E-state index < -0.39 is 22.9 Å². The Bertz CT molecular complexity index is 953. The lowest BCUT2D eigenvalue weighted by atomic mass is 9.33. The first-order chi connectivity index (χ1) is 15.7. The molecule has 190 valence electrons. The normalized spacial score (nSPS) is 56.9. The zero-order chi connectivity index (χ0) is 25.1. The second kappa shape index (κ2) is 7.20. The number of aliphatic carboxylic acids is 1. The van der Waals surface area contributed by atoms with E-state index in [4.69, 9.17) is 0 Å². The van der Waals surface area contributed by atoms with E-state index in [-0.39, 0.29) is 33.9 Å². The van der Waals surface area contributed by atoms with Crippen LogP contribution in [0.4, 0.5) is 0 Å². The molecular formula is C30H46O4. The van der Waals surface area contributed by atoms with Crippen molar-refractivity contribution in [1.29, 1.82) is 0 Å². The van der Waals surface area contributed by atoms with Gasteiger partial charge in [-0.3, -0.25) is 9.59 Å². The third-order valence-electron chi connectivity index (χ3n) is 13.2. The number of carboxylic acids is 1. The fourth-order valence-electron chi connectivity index (χ4n) is 10.7. The van der Waals surface area contributed by atoms with E-state index >= 15 is 0 Å². The minimum absolute atomic E-state index is 0.0370. The van der Waals surface area contributed by atoms with E-state index in [1.54, 1.807) is 6.92 Å². The van der Waals surface area contributed by atoms with Crippen LogP contribution in [0.15, 0.2) is 11.6 Å². The summed E-state index contributed by atoms with van der Waals surface area (Å²) in [6, 6.07) is 0. The summed E-state index contributed by atoms with van der Waals surface area (Å²) in [4.78, 5) is 26.7. The molecule has 0 radical (unpaired) electrons. The summed E-state index contributed by atoms with van der Waals surface area (Å²) in [6.45, 7) is 16.0. The number of aliphatic hydroxyl groups is 1. The second-order valence-corrected chi connectivity index (χ2v) is 14.4. The molecule has 0 aromatic rings. The largest absolute Gasteiger partial charge is 0.481 e. The molecule has 11 atom stereocenters. The molecule has 0 saturated heterocycles. The predicted octanol–water partition coefficient (Wildman–Crippen LogP) is 6.27. The first-order valence-corrected chi connectivity index (χ1v) is 13.8. The van der Waals surface area contributed by atoms with Crippen LogP contribution in [-0.2, 0) is 9.59 Å². The van der Waals surface area contributed by atoms with Gasteiger partial charge in [-0.25, -0.2) is 0 Å².